The van der Waals surface area contributed by atoms with E-state index in [-0.39, 0.29) is 21.2 Å². The van der Waals surface area contributed by atoms with E-state index >= 15 is 0 Å². The number of halogens is 2. The molecule has 7 nitrogen and oxygen atoms in total. The average Bonchev–Trinajstić information content (AvgIpc) is 2.56. The molecule has 0 saturated heterocycles. The van der Waals surface area contributed by atoms with Crippen LogP contribution in [0.25, 0.3) is 0 Å². The number of hydrogen-bond donors (Lipinski definition) is 2. The van der Waals surface area contributed by atoms with Gasteiger partial charge in [0.25, 0.3) is 5.91 Å². The van der Waals surface area contributed by atoms with E-state index < -0.39 is 40.7 Å². The van der Waals surface area contributed by atoms with Crippen molar-refractivity contribution in [1.82, 2.24) is 0 Å². The number of anilines is 1. The first-order valence-corrected chi connectivity index (χ1v) is 9.10. The monoisotopic (exact) mass is 400 g/mol. The molecule has 0 saturated carbocycles. The molecule has 2 rings (SSSR count). The number of esters is 1. The molecule has 0 aliphatic heterocycles. The fourth-order valence-electron chi connectivity index (χ4n) is 1.97. The van der Waals surface area contributed by atoms with Crippen molar-refractivity contribution in [2.24, 2.45) is 5.14 Å². The summed E-state index contributed by atoms with van der Waals surface area (Å²) in [6.07, 6.45) is -0.415. The van der Waals surface area contributed by atoms with Gasteiger partial charge < -0.3 is 10.1 Å². The van der Waals surface area contributed by atoms with E-state index in [4.69, 9.17) is 21.5 Å². The largest absolute Gasteiger partial charge is 0.455 e. The molecular formula is C16H14ClFN2O5S. The lowest BCUT2D eigenvalue weighted by atomic mass is 10.1. The molecule has 138 valence electrons. The van der Waals surface area contributed by atoms with Crippen LogP contribution >= 0.6 is 11.6 Å². The Morgan fingerprint density at radius 2 is 1.81 bits per heavy atom. The number of sulfonamides is 1. The Kier molecular flexibility index (Phi) is 6.30. The summed E-state index contributed by atoms with van der Waals surface area (Å²) in [6, 6.07) is 9.10. The standard InChI is InChI=1S/C16H14ClFN2O5S/c17-13-2-1-3-14(18)12(13)8-16(22)25-9-15(21)20-10-4-6-11(7-5-10)26(19,23)24/h1-7H,8-9H2,(H,20,21)(H2,19,23,24). The van der Waals surface area contributed by atoms with Crippen LogP contribution < -0.4 is 10.5 Å². The van der Waals surface area contributed by atoms with E-state index in [0.29, 0.717) is 0 Å². The van der Waals surface area contributed by atoms with Crippen LogP contribution in [0.1, 0.15) is 5.56 Å². The molecule has 2 aromatic rings. The lowest BCUT2D eigenvalue weighted by Crippen LogP contribution is -2.22. The number of nitrogens with one attached hydrogen (secondary N) is 1. The molecule has 0 atom stereocenters. The molecule has 0 bridgehead atoms. The summed E-state index contributed by atoms with van der Waals surface area (Å²) in [5.41, 5.74) is 0.272. The molecule has 0 spiro atoms. The predicted octanol–water partition coefficient (Wildman–Crippen LogP) is 1.85. The third kappa shape index (κ3) is 5.51. The molecular weight excluding hydrogens is 387 g/mol. The van der Waals surface area contributed by atoms with E-state index in [0.717, 1.165) is 6.07 Å². The molecule has 26 heavy (non-hydrogen) atoms. The van der Waals surface area contributed by atoms with Crippen molar-refractivity contribution in [3.63, 3.8) is 0 Å². The van der Waals surface area contributed by atoms with Crippen molar-refractivity contribution in [2.75, 3.05) is 11.9 Å². The molecule has 3 N–H and O–H groups in total. The van der Waals surface area contributed by atoms with Crippen molar-refractivity contribution in [2.45, 2.75) is 11.3 Å². The summed E-state index contributed by atoms with van der Waals surface area (Å²) in [7, 11) is -3.83. The number of nitrogens with two attached hydrogens (primary N) is 1. The zero-order chi connectivity index (χ0) is 19.3. The smallest absolute Gasteiger partial charge is 0.310 e. The lowest BCUT2D eigenvalue weighted by Gasteiger charge is -2.08. The van der Waals surface area contributed by atoms with Gasteiger partial charge in [0.15, 0.2) is 6.61 Å². The quantitative estimate of drug-likeness (QED) is 0.718. The van der Waals surface area contributed by atoms with Gasteiger partial charge in [-0.3, -0.25) is 9.59 Å². The lowest BCUT2D eigenvalue weighted by molar-refractivity contribution is -0.146. The maximum absolute atomic E-state index is 13.6. The molecule has 0 heterocycles. The first-order chi connectivity index (χ1) is 12.2. The number of benzene rings is 2. The van der Waals surface area contributed by atoms with Crippen molar-refractivity contribution >= 4 is 39.2 Å². The summed E-state index contributed by atoms with van der Waals surface area (Å²) in [4.78, 5) is 23.4. The SMILES string of the molecule is NS(=O)(=O)c1ccc(NC(=O)COC(=O)Cc2c(F)cccc2Cl)cc1. The van der Waals surface area contributed by atoms with Gasteiger partial charge in [-0.25, -0.2) is 17.9 Å². The highest BCUT2D eigenvalue weighted by atomic mass is 35.5. The first-order valence-electron chi connectivity index (χ1n) is 7.18. The second-order valence-electron chi connectivity index (χ2n) is 5.16. The summed E-state index contributed by atoms with van der Waals surface area (Å²) < 4.78 is 40.6. The highest BCUT2D eigenvalue weighted by Crippen LogP contribution is 2.19. The number of carbonyl (C=O) groups excluding carboxylic acids is 2. The molecule has 0 aliphatic carbocycles. The van der Waals surface area contributed by atoms with Crippen LogP contribution in [0, 0.1) is 5.82 Å². The minimum absolute atomic E-state index is 0.0156. The van der Waals surface area contributed by atoms with Crippen LogP contribution in [-0.2, 0) is 30.8 Å². The van der Waals surface area contributed by atoms with Gasteiger partial charge in [-0.05, 0) is 36.4 Å². The number of amides is 1. The van der Waals surface area contributed by atoms with Gasteiger partial charge in [0, 0.05) is 16.3 Å². The molecule has 1 amide bonds. The topological polar surface area (TPSA) is 116 Å². The highest BCUT2D eigenvalue weighted by Gasteiger charge is 2.14. The number of rotatable bonds is 6. The van der Waals surface area contributed by atoms with Gasteiger partial charge in [-0.15, -0.1) is 0 Å². The van der Waals surface area contributed by atoms with E-state index in [2.05, 4.69) is 5.32 Å². The van der Waals surface area contributed by atoms with Gasteiger partial charge in [-0.2, -0.15) is 0 Å². The van der Waals surface area contributed by atoms with Gasteiger partial charge >= 0.3 is 5.97 Å². The fourth-order valence-corrected chi connectivity index (χ4v) is 2.71. The molecule has 0 radical (unpaired) electrons. The Morgan fingerprint density at radius 1 is 1.15 bits per heavy atom. The Balaban J connectivity index is 1.87. The van der Waals surface area contributed by atoms with E-state index in [1.807, 2.05) is 0 Å². The molecule has 0 aromatic heterocycles. The number of carbonyl (C=O) groups is 2. The van der Waals surface area contributed by atoms with Crippen molar-refractivity contribution in [3.8, 4) is 0 Å². The van der Waals surface area contributed by atoms with Crippen LogP contribution in [0.15, 0.2) is 47.4 Å². The van der Waals surface area contributed by atoms with Gasteiger partial charge in [0.2, 0.25) is 10.0 Å². The summed E-state index contributed by atoms with van der Waals surface area (Å²) in [5, 5.41) is 7.46. The number of ether oxygens (including phenoxy) is 1. The molecule has 10 heteroatoms. The molecule has 0 unspecified atom stereocenters. The predicted molar refractivity (Wildman–Crippen MR) is 92.5 cm³/mol. The third-order valence-electron chi connectivity index (χ3n) is 3.21. The number of hydrogen-bond acceptors (Lipinski definition) is 5. The summed E-state index contributed by atoms with van der Waals surface area (Å²) >= 11 is 5.81. The van der Waals surface area contributed by atoms with Gasteiger partial charge in [-0.1, -0.05) is 17.7 Å². The molecule has 0 aliphatic rings. The summed E-state index contributed by atoms with van der Waals surface area (Å²) in [5.74, 6) is -2.12. The van der Waals surface area contributed by atoms with E-state index in [1.165, 1.54) is 36.4 Å². The summed E-state index contributed by atoms with van der Waals surface area (Å²) in [6.45, 7) is -0.595. The van der Waals surface area contributed by atoms with E-state index in [1.54, 1.807) is 0 Å². The maximum atomic E-state index is 13.6. The molecule has 2 aromatic carbocycles. The zero-order valence-electron chi connectivity index (χ0n) is 13.2. The van der Waals surface area contributed by atoms with Gasteiger partial charge in [0.05, 0.1) is 11.3 Å². The first kappa shape index (κ1) is 19.8. The van der Waals surface area contributed by atoms with Crippen LogP contribution in [0.3, 0.4) is 0 Å². The van der Waals surface area contributed by atoms with Crippen LogP contribution in [0.5, 0.6) is 0 Å². The minimum Gasteiger partial charge on any atom is -0.455 e. The third-order valence-corrected chi connectivity index (χ3v) is 4.50. The van der Waals surface area contributed by atoms with E-state index in [9.17, 15) is 22.4 Å². The Labute approximate surface area is 154 Å². The zero-order valence-corrected chi connectivity index (χ0v) is 14.8. The Morgan fingerprint density at radius 3 is 2.38 bits per heavy atom. The Hall–Kier alpha value is -2.49. The second-order valence-corrected chi connectivity index (χ2v) is 7.12. The fraction of sp³-hybridized carbons (Fsp3) is 0.125. The van der Waals surface area contributed by atoms with Crippen molar-refractivity contribution in [3.05, 3.63) is 58.9 Å². The normalized spacial score (nSPS) is 11.0. The van der Waals surface area contributed by atoms with Crippen molar-refractivity contribution < 1.29 is 27.1 Å². The van der Waals surface area contributed by atoms with Crippen molar-refractivity contribution in [1.29, 1.82) is 0 Å². The maximum Gasteiger partial charge on any atom is 0.310 e. The average molecular weight is 401 g/mol. The van der Waals surface area contributed by atoms with Crippen LogP contribution in [0.4, 0.5) is 10.1 Å². The Bertz CT molecular complexity index is 912. The minimum atomic E-state index is -3.83. The highest BCUT2D eigenvalue weighted by molar-refractivity contribution is 7.89. The van der Waals surface area contributed by atoms with Crippen LogP contribution in [0.2, 0.25) is 5.02 Å². The molecule has 0 fully saturated rings. The van der Waals surface area contributed by atoms with Gasteiger partial charge in [0.1, 0.15) is 5.82 Å². The second kappa shape index (κ2) is 8.26. The number of primary sulfonamides is 1. The van der Waals surface area contributed by atoms with Crippen LogP contribution in [-0.4, -0.2) is 26.9 Å².